The van der Waals surface area contributed by atoms with Gasteiger partial charge in [0.15, 0.2) is 0 Å². The minimum absolute atomic E-state index is 0. The quantitative estimate of drug-likeness (QED) is 0.439. The number of halogens is 3. The molecule has 1 aliphatic carbocycles. The molecule has 3 aliphatic heterocycles. The maximum atomic E-state index is 14.8. The fourth-order valence-corrected chi connectivity index (χ4v) is 5.53. The summed E-state index contributed by atoms with van der Waals surface area (Å²) in [7, 11) is 1.56. The number of rotatable bonds is 7. The summed E-state index contributed by atoms with van der Waals surface area (Å²) < 4.78 is 32.1. The Balaban J connectivity index is 0.00000160. The topological polar surface area (TPSA) is 90.4 Å². The van der Waals surface area contributed by atoms with Crippen LogP contribution in [0.4, 0.5) is 10.1 Å². The molecule has 0 radical (unpaired) electrons. The number of anilines is 1. The van der Waals surface area contributed by atoms with Gasteiger partial charge in [0.2, 0.25) is 11.8 Å². The molecule has 8 nitrogen and oxygen atoms in total. The number of fused-ring (bicyclic) bond motifs is 5. The van der Waals surface area contributed by atoms with Gasteiger partial charge in [0.05, 0.1) is 47.9 Å². The summed E-state index contributed by atoms with van der Waals surface area (Å²) in [6, 6.07) is 7.64. The number of hydrogen-bond acceptors (Lipinski definition) is 8. The van der Waals surface area contributed by atoms with Crippen LogP contribution in [-0.2, 0) is 17.7 Å². The Bertz CT molecular complexity index is 1240. The van der Waals surface area contributed by atoms with Crippen molar-refractivity contribution in [2.24, 2.45) is 0 Å². The number of pyridine rings is 3. The van der Waals surface area contributed by atoms with E-state index in [0.717, 1.165) is 50.0 Å². The zero-order chi connectivity index (χ0) is 23.9. The predicted molar refractivity (Wildman–Crippen MR) is 144 cm³/mol. The van der Waals surface area contributed by atoms with Crippen LogP contribution in [0.3, 0.4) is 0 Å². The van der Waals surface area contributed by atoms with E-state index in [9.17, 15) is 4.39 Å². The van der Waals surface area contributed by atoms with Crippen molar-refractivity contribution in [3.05, 3.63) is 47.5 Å². The third-order valence-electron chi connectivity index (χ3n) is 7.77. The summed E-state index contributed by atoms with van der Waals surface area (Å²) in [6.07, 6.45) is 6.56. The molecular weight excluding hydrogens is 520 g/mol. The Morgan fingerprint density at radius 2 is 1.95 bits per heavy atom. The largest absolute Gasteiger partial charge is 0.481 e. The van der Waals surface area contributed by atoms with Gasteiger partial charge < -0.3 is 24.8 Å². The van der Waals surface area contributed by atoms with Gasteiger partial charge in [-0.15, -0.1) is 24.8 Å². The van der Waals surface area contributed by atoms with Gasteiger partial charge >= 0.3 is 0 Å². The molecule has 0 aromatic carbocycles. The summed E-state index contributed by atoms with van der Waals surface area (Å²) in [6.45, 7) is 2.78. The molecule has 11 heteroatoms. The van der Waals surface area contributed by atoms with Gasteiger partial charge in [0, 0.05) is 30.3 Å². The molecule has 6 heterocycles. The summed E-state index contributed by atoms with van der Waals surface area (Å²) in [4.78, 5) is 13.3. The fraction of sp³-hybridized carbons (Fsp3) is 0.500. The zero-order valence-corrected chi connectivity index (χ0v) is 22.4. The first-order valence-electron chi connectivity index (χ1n) is 12.3. The van der Waals surface area contributed by atoms with Gasteiger partial charge in [0.25, 0.3) is 0 Å². The molecule has 3 aromatic rings. The van der Waals surface area contributed by atoms with Gasteiger partial charge in [0.1, 0.15) is 12.4 Å². The van der Waals surface area contributed by atoms with Crippen LogP contribution < -0.4 is 20.1 Å². The van der Waals surface area contributed by atoms with E-state index in [0.29, 0.717) is 54.5 Å². The lowest BCUT2D eigenvalue weighted by atomic mass is 9.69. The monoisotopic (exact) mass is 551 g/mol. The Kier molecular flexibility index (Phi) is 8.28. The van der Waals surface area contributed by atoms with E-state index >= 15 is 0 Å². The van der Waals surface area contributed by atoms with E-state index in [-0.39, 0.29) is 41.8 Å². The second kappa shape index (κ2) is 11.1. The minimum Gasteiger partial charge on any atom is -0.481 e. The van der Waals surface area contributed by atoms with Crippen molar-refractivity contribution < 1.29 is 18.6 Å². The number of aromatic nitrogens is 3. The normalized spacial score (nSPS) is 23.7. The van der Waals surface area contributed by atoms with Crippen molar-refractivity contribution in [1.29, 1.82) is 0 Å². The van der Waals surface area contributed by atoms with Crippen molar-refractivity contribution in [1.82, 2.24) is 20.3 Å². The summed E-state index contributed by atoms with van der Waals surface area (Å²) in [5.41, 5.74) is 3.49. The third-order valence-corrected chi connectivity index (χ3v) is 7.77. The Labute approximate surface area is 227 Å². The molecule has 3 aromatic heterocycles. The minimum atomic E-state index is -0.325. The first-order chi connectivity index (χ1) is 17.1. The van der Waals surface area contributed by atoms with Crippen LogP contribution in [0.5, 0.6) is 11.8 Å². The van der Waals surface area contributed by atoms with Crippen molar-refractivity contribution in [2.75, 3.05) is 32.2 Å². The van der Waals surface area contributed by atoms with Crippen molar-refractivity contribution >= 4 is 41.5 Å². The van der Waals surface area contributed by atoms with Crippen LogP contribution in [0, 0.1) is 5.82 Å². The average Bonchev–Trinajstić information content (AvgIpc) is 2.92. The van der Waals surface area contributed by atoms with Gasteiger partial charge in [-0.1, -0.05) is 0 Å². The molecule has 3 fully saturated rings. The van der Waals surface area contributed by atoms with Gasteiger partial charge in [-0.2, -0.15) is 0 Å². The molecule has 2 N–H and O–H groups in total. The van der Waals surface area contributed by atoms with Crippen LogP contribution >= 0.6 is 24.8 Å². The van der Waals surface area contributed by atoms with Crippen molar-refractivity contribution in [3.8, 4) is 11.8 Å². The molecule has 0 unspecified atom stereocenters. The number of nitrogens with zero attached hydrogens (tertiary/aromatic N) is 3. The summed E-state index contributed by atoms with van der Waals surface area (Å²) in [5.74, 6) is 0.815. The van der Waals surface area contributed by atoms with Crippen molar-refractivity contribution in [3.63, 3.8) is 0 Å². The molecule has 2 saturated heterocycles. The van der Waals surface area contributed by atoms with E-state index in [1.54, 1.807) is 13.2 Å². The maximum Gasteiger partial charge on any atom is 0.237 e. The molecule has 0 amide bonds. The molecule has 0 spiro atoms. The van der Waals surface area contributed by atoms with E-state index in [1.807, 2.05) is 18.2 Å². The first-order valence-corrected chi connectivity index (χ1v) is 12.3. The van der Waals surface area contributed by atoms with E-state index in [4.69, 9.17) is 14.2 Å². The predicted octanol–water partition coefficient (Wildman–Crippen LogP) is 4.62. The molecule has 2 bridgehead atoms. The number of nitrogens with one attached hydrogen (secondary N) is 2. The molecule has 4 aliphatic rings. The SMILES string of the molecule is COc1ccc2ncc(F)c(CCC34CCC(NCc5ccc6c(n5)OCCN6)(CC3)CO4)c2n1.Cl.Cl. The van der Waals surface area contributed by atoms with Crippen LogP contribution in [0.25, 0.3) is 11.0 Å². The maximum absolute atomic E-state index is 14.8. The summed E-state index contributed by atoms with van der Waals surface area (Å²) >= 11 is 0. The summed E-state index contributed by atoms with van der Waals surface area (Å²) in [5, 5.41) is 7.03. The molecule has 200 valence electrons. The van der Waals surface area contributed by atoms with E-state index < -0.39 is 0 Å². The van der Waals surface area contributed by atoms with Gasteiger partial charge in [-0.05, 0) is 56.7 Å². The highest BCUT2D eigenvalue weighted by Crippen LogP contribution is 2.46. The van der Waals surface area contributed by atoms with E-state index in [1.165, 1.54) is 6.20 Å². The van der Waals surface area contributed by atoms with Crippen molar-refractivity contribution in [2.45, 2.75) is 56.2 Å². The standard InChI is InChI=1S/C26H30FN5O3.2ClH/c1-33-22-5-4-20-23(32-22)18(19(27)15-29-20)6-7-26-10-8-25(9-11-26,16-35-26)30-14-17-2-3-21-24(31-17)34-13-12-28-21;;/h2-5,15,28,30H,6-14,16H2,1H3;2*1H. The highest BCUT2D eigenvalue weighted by molar-refractivity contribution is 5.85. The second-order valence-corrected chi connectivity index (χ2v) is 9.84. The fourth-order valence-electron chi connectivity index (χ4n) is 5.53. The Morgan fingerprint density at radius 1 is 1.11 bits per heavy atom. The number of aryl methyl sites for hydroxylation is 1. The van der Waals surface area contributed by atoms with Crippen LogP contribution in [0.2, 0.25) is 0 Å². The van der Waals surface area contributed by atoms with Crippen LogP contribution in [-0.4, -0.2) is 53.0 Å². The van der Waals surface area contributed by atoms with E-state index in [2.05, 4.69) is 25.6 Å². The zero-order valence-electron chi connectivity index (χ0n) is 20.7. The lowest BCUT2D eigenvalue weighted by Crippen LogP contribution is -2.61. The lowest BCUT2D eigenvalue weighted by Gasteiger charge is -2.53. The lowest BCUT2D eigenvalue weighted by molar-refractivity contribution is -0.165. The molecule has 0 atom stereocenters. The number of ether oxygens (including phenoxy) is 3. The van der Waals surface area contributed by atoms with Crippen LogP contribution in [0.1, 0.15) is 43.4 Å². The molecule has 1 saturated carbocycles. The molecule has 37 heavy (non-hydrogen) atoms. The third kappa shape index (κ3) is 5.41. The van der Waals surface area contributed by atoms with Crippen LogP contribution in [0.15, 0.2) is 30.5 Å². The van der Waals surface area contributed by atoms with Gasteiger partial charge in [-0.3, -0.25) is 4.98 Å². The second-order valence-electron chi connectivity index (χ2n) is 9.84. The van der Waals surface area contributed by atoms with Gasteiger partial charge in [-0.25, -0.2) is 14.4 Å². The molecule has 7 rings (SSSR count). The molecular formula is C26H32Cl2FN5O3. The highest BCUT2D eigenvalue weighted by Gasteiger charge is 2.49. The number of hydrogen-bond donors (Lipinski definition) is 2. The number of methoxy groups -OCH3 is 1. The first kappa shape index (κ1) is 27.6. The Morgan fingerprint density at radius 3 is 2.70 bits per heavy atom. The highest BCUT2D eigenvalue weighted by atomic mass is 35.5. The smallest absolute Gasteiger partial charge is 0.237 e. The average molecular weight is 552 g/mol. The Hall–Kier alpha value is -2.46.